The van der Waals surface area contributed by atoms with Crippen LogP contribution in [-0.4, -0.2) is 42.2 Å². The summed E-state index contributed by atoms with van der Waals surface area (Å²) in [5.74, 6) is -19.9. The van der Waals surface area contributed by atoms with Crippen molar-refractivity contribution < 1.29 is 80.1 Å². The summed E-state index contributed by atoms with van der Waals surface area (Å²) in [5, 5.41) is -7.00. The van der Waals surface area contributed by atoms with E-state index in [4.69, 9.17) is 0 Å². The summed E-state index contributed by atoms with van der Waals surface area (Å²) < 4.78 is 171. The average Bonchev–Trinajstić information content (AvgIpc) is 2.43. The van der Waals surface area contributed by atoms with Gasteiger partial charge in [0.2, 0.25) is 0 Å². The second kappa shape index (κ2) is 9.70. The van der Waals surface area contributed by atoms with Crippen molar-refractivity contribution in [2.24, 2.45) is 0 Å². The number of unbranched alkanes of at least 4 members (excludes halogenated alkanes) is 4. The Morgan fingerprint density at radius 3 is 1.32 bits per heavy atom. The van der Waals surface area contributed by atoms with E-state index in [2.05, 4.69) is 0 Å². The Balaban J connectivity index is 0. The third-order valence-corrected chi connectivity index (χ3v) is 4.37. The molecule has 0 fully saturated rings. The van der Waals surface area contributed by atoms with Gasteiger partial charge in [0.15, 0.2) is 10.1 Å². The van der Waals surface area contributed by atoms with Crippen LogP contribution >= 0.6 is 0 Å². The van der Waals surface area contributed by atoms with Crippen LogP contribution in [0.4, 0.5) is 48.3 Å². The second-order valence-electron chi connectivity index (χ2n) is 5.71. The molecule has 0 atom stereocenters. The van der Waals surface area contributed by atoms with Crippen molar-refractivity contribution in [3.05, 3.63) is 0 Å². The van der Waals surface area contributed by atoms with E-state index in [9.17, 15) is 61.3 Å². The number of alkyl halides is 11. The first-order valence-corrected chi connectivity index (χ1v) is 8.65. The Labute approximate surface area is 165 Å². The van der Waals surface area contributed by atoms with Gasteiger partial charge in [-0.25, -0.2) is 8.42 Å². The molecule has 0 saturated carbocycles. The topological polar surface area (TPSA) is 57.2 Å². The van der Waals surface area contributed by atoms with Gasteiger partial charge in [0.05, 0.1) is 0 Å². The van der Waals surface area contributed by atoms with Crippen molar-refractivity contribution in [3.8, 4) is 0 Å². The summed E-state index contributed by atoms with van der Waals surface area (Å²) in [4.78, 5) is 0. The van der Waals surface area contributed by atoms with E-state index in [-0.39, 0.29) is 38.1 Å². The first-order valence-electron chi connectivity index (χ1n) is 7.24. The Hall–Kier alpha value is -0.263. The number of rotatable bonds is 11. The van der Waals surface area contributed by atoms with Crippen LogP contribution in [0.15, 0.2) is 0 Å². The van der Waals surface area contributed by atoms with Gasteiger partial charge in [-0.2, -0.15) is 48.3 Å². The van der Waals surface area contributed by atoms with E-state index in [0.717, 1.165) is 0 Å². The third kappa shape index (κ3) is 6.91. The van der Waals surface area contributed by atoms with Gasteiger partial charge in [-0.1, -0.05) is 19.3 Å². The predicted octanol–water partition coefficient (Wildman–Crippen LogP) is 2.33. The summed E-state index contributed by atoms with van der Waals surface area (Å²) in [5.41, 5.74) is 0. The summed E-state index contributed by atoms with van der Waals surface area (Å²) >= 11 is 0. The standard InChI is InChI=1S/C12H15F11O3S.Li/c13-8(14,6-4-2-1-3-5-7-9(15,16)17)10(18,19)11(20,21)12(22,23)27(24,25)26;/h1-7H2,(H,24,25,26);/q;+1/p-1. The van der Waals surface area contributed by atoms with Crippen LogP contribution in [0, 0.1) is 0 Å². The average molecular weight is 454 g/mol. The molecule has 0 amide bonds. The molecule has 0 aliphatic heterocycles. The molecule has 28 heavy (non-hydrogen) atoms. The molecule has 0 saturated heterocycles. The molecular weight excluding hydrogens is 440 g/mol. The minimum absolute atomic E-state index is 0. The molecular formula is C12H14F11LiO3S. The molecule has 16 heteroatoms. The number of hydrogen-bond donors (Lipinski definition) is 0. The van der Waals surface area contributed by atoms with Crippen LogP contribution in [0.25, 0.3) is 0 Å². The summed E-state index contributed by atoms with van der Waals surface area (Å²) in [6.07, 6.45) is -9.72. The number of halogens is 11. The Morgan fingerprint density at radius 2 is 0.964 bits per heavy atom. The van der Waals surface area contributed by atoms with Gasteiger partial charge in [-0.15, -0.1) is 0 Å². The van der Waals surface area contributed by atoms with Crippen molar-refractivity contribution in [2.75, 3.05) is 0 Å². The van der Waals surface area contributed by atoms with Gasteiger partial charge >= 0.3 is 48.1 Å². The zero-order valence-corrected chi connectivity index (χ0v) is 15.1. The van der Waals surface area contributed by atoms with E-state index >= 15 is 0 Å². The van der Waals surface area contributed by atoms with Crippen LogP contribution in [0.1, 0.15) is 44.9 Å². The Kier molecular flexibility index (Phi) is 10.4. The monoisotopic (exact) mass is 454 g/mol. The molecule has 0 N–H and O–H groups in total. The molecule has 0 spiro atoms. The van der Waals surface area contributed by atoms with Crippen molar-refractivity contribution in [3.63, 3.8) is 0 Å². The molecule has 0 aromatic rings. The Bertz CT molecular complexity index is 590. The smallest absolute Gasteiger partial charge is 0.743 e. The summed E-state index contributed by atoms with van der Waals surface area (Å²) in [6, 6.07) is 0. The van der Waals surface area contributed by atoms with E-state index in [1.165, 1.54) is 0 Å². The maximum absolute atomic E-state index is 13.3. The summed E-state index contributed by atoms with van der Waals surface area (Å²) in [6.45, 7) is 0. The first kappa shape index (κ1) is 29.9. The van der Waals surface area contributed by atoms with Crippen LogP contribution in [-0.2, 0) is 10.1 Å². The van der Waals surface area contributed by atoms with E-state index in [1.54, 1.807) is 0 Å². The van der Waals surface area contributed by atoms with Crippen LogP contribution < -0.4 is 18.9 Å². The van der Waals surface area contributed by atoms with Crippen molar-refractivity contribution >= 4 is 10.1 Å². The molecule has 0 bridgehead atoms. The zero-order valence-electron chi connectivity index (χ0n) is 14.2. The number of hydrogen-bond acceptors (Lipinski definition) is 3. The van der Waals surface area contributed by atoms with Gasteiger partial charge in [-0.05, 0) is 12.8 Å². The minimum Gasteiger partial charge on any atom is -0.743 e. The normalized spacial score (nSPS) is 14.7. The third-order valence-electron chi connectivity index (χ3n) is 3.48. The second-order valence-corrected chi connectivity index (χ2v) is 7.13. The van der Waals surface area contributed by atoms with Crippen molar-refractivity contribution in [1.29, 1.82) is 0 Å². The molecule has 164 valence electrons. The quantitative estimate of drug-likeness (QED) is 0.209. The van der Waals surface area contributed by atoms with E-state index in [1.807, 2.05) is 0 Å². The van der Waals surface area contributed by atoms with Gasteiger partial charge in [-0.3, -0.25) is 0 Å². The minimum atomic E-state index is -7.39. The fourth-order valence-corrected chi connectivity index (χ4v) is 2.37. The first-order chi connectivity index (χ1) is 11.7. The fourth-order valence-electron chi connectivity index (χ4n) is 1.93. The van der Waals surface area contributed by atoms with Crippen LogP contribution in [0.2, 0.25) is 0 Å². The van der Waals surface area contributed by atoms with Gasteiger partial charge in [0.25, 0.3) is 0 Å². The molecule has 0 aliphatic rings. The molecule has 0 rings (SSSR count). The molecule has 3 nitrogen and oxygen atoms in total. The van der Waals surface area contributed by atoms with E-state index in [0.29, 0.717) is 0 Å². The van der Waals surface area contributed by atoms with Crippen LogP contribution in [0.5, 0.6) is 0 Å². The summed E-state index contributed by atoms with van der Waals surface area (Å²) in [7, 11) is -7.39. The fraction of sp³-hybridized carbons (Fsp3) is 1.00. The molecule has 0 unspecified atom stereocenters. The van der Waals surface area contributed by atoms with Crippen molar-refractivity contribution in [1.82, 2.24) is 0 Å². The van der Waals surface area contributed by atoms with Crippen LogP contribution in [0.3, 0.4) is 0 Å². The SMILES string of the molecule is O=S(=O)([O-])C(F)(F)C(F)(F)C(F)(F)C(F)(F)CCCCCCCC(F)(F)F.[Li+]. The van der Waals surface area contributed by atoms with Gasteiger partial charge in [0, 0.05) is 12.8 Å². The molecule has 0 radical (unpaired) electrons. The predicted molar refractivity (Wildman–Crippen MR) is 67.9 cm³/mol. The van der Waals surface area contributed by atoms with Gasteiger partial charge < -0.3 is 4.55 Å². The largest absolute Gasteiger partial charge is 1.00 e. The molecule has 0 heterocycles. The maximum atomic E-state index is 13.3. The molecule has 0 aliphatic carbocycles. The maximum Gasteiger partial charge on any atom is 1.00 e. The Morgan fingerprint density at radius 1 is 0.607 bits per heavy atom. The van der Waals surface area contributed by atoms with Gasteiger partial charge in [0.1, 0.15) is 0 Å². The molecule has 0 aromatic carbocycles. The zero-order chi connectivity index (χ0) is 21.9. The van der Waals surface area contributed by atoms with Crippen molar-refractivity contribution in [2.45, 2.75) is 74.1 Å². The molecule has 0 aromatic heterocycles. The van der Waals surface area contributed by atoms with E-state index < -0.39 is 65.0 Å².